The summed E-state index contributed by atoms with van der Waals surface area (Å²) >= 11 is 0. The van der Waals surface area contributed by atoms with Crippen LogP contribution in [-0.4, -0.2) is 19.8 Å². The topological polar surface area (TPSA) is 50.4 Å². The van der Waals surface area contributed by atoms with Crippen molar-refractivity contribution in [1.29, 1.82) is 0 Å². The Morgan fingerprint density at radius 3 is 2.65 bits per heavy atom. The highest BCUT2D eigenvalue weighted by molar-refractivity contribution is 5.84. The van der Waals surface area contributed by atoms with Gasteiger partial charge in [-0.1, -0.05) is 26.8 Å². The fraction of sp³-hybridized carbons (Fsp3) is 0.471. The minimum atomic E-state index is 0.344. The van der Waals surface area contributed by atoms with E-state index < -0.39 is 0 Å². The molecule has 0 fully saturated rings. The van der Waals surface area contributed by atoms with Crippen LogP contribution in [0.2, 0.25) is 0 Å². The Labute approximate surface area is 123 Å². The molecule has 0 aromatic heterocycles. The maximum Gasteiger partial charge on any atom is 0.0406 e. The highest BCUT2D eigenvalue weighted by atomic mass is 14.9. The molecule has 0 aliphatic heterocycles. The van der Waals surface area contributed by atoms with Crippen LogP contribution in [0.25, 0.3) is 5.70 Å². The normalized spacial score (nSPS) is 12.9. The second kappa shape index (κ2) is 7.13. The fourth-order valence-electron chi connectivity index (χ4n) is 1.87. The zero-order valence-corrected chi connectivity index (χ0v) is 13.3. The molecule has 0 amide bonds. The standard InChI is InChI=1S/C17H27N3/c1-13-6-7-14(20-11-9-17(2,3)4)12-15(13)16(18)8-10-19-5/h6-8,10,12,20H,9,11,18H2,1-5H3. The lowest BCUT2D eigenvalue weighted by molar-refractivity contribution is 0.390. The van der Waals surface area contributed by atoms with Gasteiger partial charge in [-0.25, -0.2) is 0 Å². The highest BCUT2D eigenvalue weighted by Crippen LogP contribution is 2.22. The lowest BCUT2D eigenvalue weighted by atomic mass is 9.92. The second-order valence-corrected chi connectivity index (χ2v) is 6.30. The zero-order chi connectivity index (χ0) is 15.2. The average Bonchev–Trinajstić information content (AvgIpc) is 2.36. The summed E-state index contributed by atoms with van der Waals surface area (Å²) in [5, 5.41) is 3.46. The number of nitrogens with zero attached hydrogens (tertiary/aromatic N) is 1. The van der Waals surface area contributed by atoms with Crippen molar-refractivity contribution in [1.82, 2.24) is 0 Å². The van der Waals surface area contributed by atoms with E-state index in [0.717, 1.165) is 29.9 Å². The summed E-state index contributed by atoms with van der Waals surface area (Å²) < 4.78 is 0. The van der Waals surface area contributed by atoms with Crippen LogP contribution in [0, 0.1) is 12.3 Å². The zero-order valence-electron chi connectivity index (χ0n) is 13.3. The van der Waals surface area contributed by atoms with Crippen molar-refractivity contribution >= 4 is 17.6 Å². The van der Waals surface area contributed by atoms with Crippen molar-refractivity contribution in [2.45, 2.75) is 34.1 Å². The van der Waals surface area contributed by atoms with Crippen LogP contribution in [0.5, 0.6) is 0 Å². The number of aliphatic imine (C=N–C) groups is 1. The number of nitrogens with two attached hydrogens (primary N) is 1. The SMILES string of the molecule is CN=CC=C(N)c1cc(NCCC(C)(C)C)ccc1C. The third-order valence-electron chi connectivity index (χ3n) is 3.16. The summed E-state index contributed by atoms with van der Waals surface area (Å²) in [5.41, 5.74) is 10.5. The molecule has 1 rings (SSSR count). The first-order valence-corrected chi connectivity index (χ1v) is 7.06. The summed E-state index contributed by atoms with van der Waals surface area (Å²) in [6.07, 6.45) is 4.68. The largest absolute Gasteiger partial charge is 0.398 e. The van der Waals surface area contributed by atoms with Gasteiger partial charge >= 0.3 is 0 Å². The number of hydrogen-bond acceptors (Lipinski definition) is 3. The maximum absolute atomic E-state index is 6.09. The van der Waals surface area contributed by atoms with Gasteiger partial charge in [-0.2, -0.15) is 0 Å². The van der Waals surface area contributed by atoms with Crippen LogP contribution in [0.1, 0.15) is 38.3 Å². The molecule has 0 bridgehead atoms. The predicted molar refractivity (Wildman–Crippen MR) is 90.3 cm³/mol. The van der Waals surface area contributed by atoms with E-state index in [1.165, 1.54) is 5.56 Å². The summed E-state index contributed by atoms with van der Waals surface area (Å²) in [6, 6.07) is 6.30. The third-order valence-corrected chi connectivity index (χ3v) is 3.16. The molecule has 0 aliphatic rings. The summed E-state index contributed by atoms with van der Waals surface area (Å²) in [6.45, 7) is 9.78. The minimum Gasteiger partial charge on any atom is -0.398 e. The van der Waals surface area contributed by atoms with Gasteiger partial charge in [0.1, 0.15) is 0 Å². The summed E-state index contributed by atoms with van der Waals surface area (Å²) in [4.78, 5) is 3.93. The van der Waals surface area contributed by atoms with Gasteiger partial charge in [-0.05, 0) is 42.5 Å². The van der Waals surface area contributed by atoms with E-state index >= 15 is 0 Å². The Morgan fingerprint density at radius 1 is 1.35 bits per heavy atom. The molecule has 3 nitrogen and oxygen atoms in total. The lowest BCUT2D eigenvalue weighted by Crippen LogP contribution is -2.13. The summed E-state index contributed by atoms with van der Waals surface area (Å²) in [7, 11) is 1.74. The lowest BCUT2D eigenvalue weighted by Gasteiger charge is -2.19. The Bertz CT molecular complexity index is 493. The number of hydrogen-bond donors (Lipinski definition) is 2. The van der Waals surface area contributed by atoms with Crippen molar-refractivity contribution in [3.05, 3.63) is 35.4 Å². The Balaban J connectivity index is 2.81. The second-order valence-electron chi connectivity index (χ2n) is 6.30. The monoisotopic (exact) mass is 273 g/mol. The van der Waals surface area contributed by atoms with E-state index in [4.69, 9.17) is 5.73 Å². The molecular formula is C17H27N3. The number of allylic oxidation sites excluding steroid dienone is 1. The van der Waals surface area contributed by atoms with Crippen molar-refractivity contribution in [3.8, 4) is 0 Å². The average molecular weight is 273 g/mol. The molecule has 0 saturated heterocycles. The molecule has 0 unspecified atom stereocenters. The Morgan fingerprint density at radius 2 is 2.05 bits per heavy atom. The first-order valence-electron chi connectivity index (χ1n) is 7.06. The van der Waals surface area contributed by atoms with Gasteiger partial charge in [-0.3, -0.25) is 4.99 Å². The van der Waals surface area contributed by atoms with Crippen molar-refractivity contribution < 1.29 is 0 Å². The molecule has 0 heterocycles. The number of aryl methyl sites for hydroxylation is 1. The first-order chi connectivity index (χ1) is 9.33. The Hall–Kier alpha value is -1.77. The number of benzene rings is 1. The molecule has 0 radical (unpaired) electrons. The molecule has 0 atom stereocenters. The first kappa shape index (κ1) is 16.3. The summed E-state index contributed by atoms with van der Waals surface area (Å²) in [5.74, 6) is 0. The molecule has 1 aromatic rings. The number of rotatable bonds is 5. The molecule has 110 valence electrons. The smallest absolute Gasteiger partial charge is 0.0406 e. The van der Waals surface area contributed by atoms with Crippen LogP contribution in [0.3, 0.4) is 0 Å². The quantitative estimate of drug-likeness (QED) is 0.801. The highest BCUT2D eigenvalue weighted by Gasteiger charge is 2.09. The van der Waals surface area contributed by atoms with Gasteiger partial charge < -0.3 is 11.1 Å². The van der Waals surface area contributed by atoms with Crippen LogP contribution in [-0.2, 0) is 0 Å². The van der Waals surface area contributed by atoms with Gasteiger partial charge in [0.15, 0.2) is 0 Å². The Kier molecular flexibility index (Phi) is 5.81. The van der Waals surface area contributed by atoms with Gasteiger partial charge in [0.2, 0.25) is 0 Å². The van der Waals surface area contributed by atoms with E-state index in [1.807, 2.05) is 6.08 Å². The van der Waals surface area contributed by atoms with Crippen molar-refractivity contribution in [2.24, 2.45) is 16.1 Å². The molecule has 0 aliphatic carbocycles. The minimum absolute atomic E-state index is 0.344. The van der Waals surface area contributed by atoms with E-state index in [1.54, 1.807) is 13.3 Å². The maximum atomic E-state index is 6.09. The van der Waals surface area contributed by atoms with Crippen LogP contribution < -0.4 is 11.1 Å². The van der Waals surface area contributed by atoms with E-state index in [-0.39, 0.29) is 0 Å². The van der Waals surface area contributed by atoms with E-state index in [0.29, 0.717) is 5.41 Å². The molecule has 1 aromatic carbocycles. The molecule has 3 N–H and O–H groups in total. The fourth-order valence-corrected chi connectivity index (χ4v) is 1.87. The van der Waals surface area contributed by atoms with Gasteiger partial charge in [0.05, 0.1) is 0 Å². The van der Waals surface area contributed by atoms with Crippen LogP contribution in [0.15, 0.2) is 29.3 Å². The van der Waals surface area contributed by atoms with Crippen LogP contribution in [0.4, 0.5) is 5.69 Å². The number of nitrogens with one attached hydrogen (secondary N) is 1. The van der Waals surface area contributed by atoms with Crippen LogP contribution >= 0.6 is 0 Å². The van der Waals surface area contributed by atoms with E-state index in [9.17, 15) is 0 Å². The molecule has 0 saturated carbocycles. The van der Waals surface area contributed by atoms with Crippen molar-refractivity contribution in [3.63, 3.8) is 0 Å². The third kappa shape index (κ3) is 5.47. The van der Waals surface area contributed by atoms with E-state index in [2.05, 4.69) is 56.2 Å². The molecule has 0 spiro atoms. The van der Waals surface area contributed by atoms with Crippen molar-refractivity contribution in [2.75, 3.05) is 18.9 Å². The van der Waals surface area contributed by atoms with Gasteiger partial charge in [0, 0.05) is 36.8 Å². The molecule has 20 heavy (non-hydrogen) atoms. The predicted octanol–water partition coefficient (Wildman–Crippen LogP) is 3.84. The van der Waals surface area contributed by atoms with Gasteiger partial charge in [0.25, 0.3) is 0 Å². The number of anilines is 1. The molecular weight excluding hydrogens is 246 g/mol. The van der Waals surface area contributed by atoms with Gasteiger partial charge in [-0.15, -0.1) is 0 Å². The molecule has 3 heteroatoms.